The van der Waals surface area contributed by atoms with Gasteiger partial charge in [0.15, 0.2) is 0 Å². The van der Waals surface area contributed by atoms with Crippen molar-refractivity contribution in [1.29, 1.82) is 0 Å². The van der Waals surface area contributed by atoms with Crippen LogP contribution in [0.4, 0.5) is 4.79 Å². The molecule has 1 amide bonds. The van der Waals surface area contributed by atoms with Crippen molar-refractivity contribution in [1.82, 2.24) is 5.32 Å². The number of nitrogens with one attached hydrogen (secondary N) is 1. The summed E-state index contributed by atoms with van der Waals surface area (Å²) in [4.78, 5) is 22.8. The molecule has 0 aliphatic rings. The number of methoxy groups -OCH3 is 1. The molecule has 6 heteroatoms. The number of ether oxygens (including phenoxy) is 2. The van der Waals surface area contributed by atoms with E-state index in [1.165, 1.54) is 0 Å². The molecule has 1 aromatic carbocycles. The highest BCUT2D eigenvalue weighted by Crippen LogP contribution is 2.20. The summed E-state index contributed by atoms with van der Waals surface area (Å²) in [6.45, 7) is 5.25. The minimum atomic E-state index is -0.990. The number of carbonyl (C=O) groups excluding carboxylic acids is 1. The standard InChI is InChI=1S/C16H23NO5/c1-16(2,3)22-15(20)17-12(10-14(18)19)9-11-7-5-6-8-13(11)21-4/h5-8,12H,9-10H2,1-4H3,(H,17,20)(H,18,19). The Morgan fingerprint density at radius 3 is 2.45 bits per heavy atom. The molecule has 2 N–H and O–H groups in total. The summed E-state index contributed by atoms with van der Waals surface area (Å²) in [7, 11) is 1.55. The number of para-hydroxylation sites is 1. The highest BCUT2D eigenvalue weighted by Gasteiger charge is 2.22. The summed E-state index contributed by atoms with van der Waals surface area (Å²) in [6.07, 6.45) is -0.485. The van der Waals surface area contributed by atoms with E-state index in [1.54, 1.807) is 33.9 Å². The van der Waals surface area contributed by atoms with Crippen molar-refractivity contribution in [2.45, 2.75) is 45.3 Å². The number of alkyl carbamates (subject to hydrolysis) is 1. The van der Waals surface area contributed by atoms with Gasteiger partial charge in [-0.2, -0.15) is 0 Å². The highest BCUT2D eigenvalue weighted by molar-refractivity contribution is 5.71. The second-order valence-corrected chi connectivity index (χ2v) is 5.96. The molecular weight excluding hydrogens is 286 g/mol. The number of rotatable bonds is 6. The number of carbonyl (C=O) groups is 2. The molecule has 0 saturated heterocycles. The molecule has 0 aliphatic carbocycles. The van der Waals surface area contributed by atoms with Gasteiger partial charge in [0.05, 0.1) is 13.5 Å². The summed E-state index contributed by atoms with van der Waals surface area (Å²) in [6, 6.07) is 6.72. The fourth-order valence-corrected chi connectivity index (χ4v) is 2.00. The Bertz CT molecular complexity index is 522. The lowest BCUT2D eigenvalue weighted by Crippen LogP contribution is -2.41. The maximum Gasteiger partial charge on any atom is 0.407 e. The minimum absolute atomic E-state index is 0.197. The van der Waals surface area contributed by atoms with Crippen LogP contribution in [0.5, 0.6) is 5.75 Å². The molecule has 1 rings (SSSR count). The first-order valence-corrected chi connectivity index (χ1v) is 7.04. The third-order valence-corrected chi connectivity index (χ3v) is 2.80. The Morgan fingerprint density at radius 2 is 1.91 bits per heavy atom. The van der Waals surface area contributed by atoms with Gasteiger partial charge >= 0.3 is 12.1 Å². The number of carboxylic acids is 1. The monoisotopic (exact) mass is 309 g/mol. The Hall–Kier alpha value is -2.24. The Kier molecular flexibility index (Phi) is 6.22. The predicted octanol–water partition coefficient (Wildman–Crippen LogP) is 2.61. The second kappa shape index (κ2) is 7.68. The van der Waals surface area contributed by atoms with Gasteiger partial charge in [-0.05, 0) is 38.8 Å². The fraction of sp³-hybridized carbons (Fsp3) is 0.500. The van der Waals surface area contributed by atoms with Crippen molar-refractivity contribution < 1.29 is 24.2 Å². The van der Waals surface area contributed by atoms with Crippen LogP contribution in [0.2, 0.25) is 0 Å². The molecule has 1 atom stereocenters. The van der Waals surface area contributed by atoms with Gasteiger partial charge < -0.3 is 19.9 Å². The minimum Gasteiger partial charge on any atom is -0.496 e. The van der Waals surface area contributed by atoms with E-state index in [9.17, 15) is 9.59 Å². The van der Waals surface area contributed by atoms with Crippen molar-refractivity contribution in [2.24, 2.45) is 0 Å². The number of benzene rings is 1. The number of carboxylic acid groups (broad SMARTS) is 1. The normalized spacial score (nSPS) is 12.4. The van der Waals surface area contributed by atoms with E-state index < -0.39 is 23.7 Å². The van der Waals surface area contributed by atoms with Crippen LogP contribution in [0.15, 0.2) is 24.3 Å². The van der Waals surface area contributed by atoms with E-state index in [2.05, 4.69) is 5.32 Å². The van der Waals surface area contributed by atoms with Crippen LogP contribution in [-0.4, -0.2) is 35.9 Å². The summed E-state index contributed by atoms with van der Waals surface area (Å²) >= 11 is 0. The summed E-state index contributed by atoms with van der Waals surface area (Å²) in [5, 5.41) is 11.6. The van der Waals surface area contributed by atoms with Crippen LogP contribution in [0.3, 0.4) is 0 Å². The summed E-state index contributed by atoms with van der Waals surface area (Å²) in [5.74, 6) is -0.333. The largest absolute Gasteiger partial charge is 0.496 e. The van der Waals surface area contributed by atoms with Crippen LogP contribution in [0.25, 0.3) is 0 Å². The van der Waals surface area contributed by atoms with E-state index >= 15 is 0 Å². The second-order valence-electron chi connectivity index (χ2n) is 5.96. The van der Waals surface area contributed by atoms with E-state index in [0.29, 0.717) is 12.2 Å². The van der Waals surface area contributed by atoms with Crippen LogP contribution in [-0.2, 0) is 16.0 Å². The molecule has 0 spiro atoms. The van der Waals surface area contributed by atoms with E-state index in [4.69, 9.17) is 14.6 Å². The smallest absolute Gasteiger partial charge is 0.407 e. The molecule has 6 nitrogen and oxygen atoms in total. The van der Waals surface area contributed by atoms with Crippen molar-refractivity contribution >= 4 is 12.1 Å². The molecule has 0 aromatic heterocycles. The van der Waals surface area contributed by atoms with Crippen LogP contribution in [0, 0.1) is 0 Å². The van der Waals surface area contributed by atoms with Crippen molar-refractivity contribution in [3.05, 3.63) is 29.8 Å². The SMILES string of the molecule is COc1ccccc1CC(CC(=O)O)NC(=O)OC(C)(C)C. The van der Waals surface area contributed by atoms with Crippen molar-refractivity contribution in [3.63, 3.8) is 0 Å². The van der Waals surface area contributed by atoms with Gasteiger partial charge in [-0.25, -0.2) is 4.79 Å². The molecule has 0 saturated carbocycles. The van der Waals surface area contributed by atoms with Crippen molar-refractivity contribution in [2.75, 3.05) is 7.11 Å². The maximum atomic E-state index is 11.8. The summed E-state index contributed by atoms with van der Waals surface area (Å²) in [5.41, 5.74) is 0.190. The lowest BCUT2D eigenvalue weighted by Gasteiger charge is -2.23. The van der Waals surface area contributed by atoms with Gasteiger partial charge in [-0.3, -0.25) is 4.79 Å². The summed E-state index contributed by atoms with van der Waals surface area (Å²) < 4.78 is 10.4. The zero-order valence-electron chi connectivity index (χ0n) is 13.4. The van der Waals surface area contributed by atoms with Gasteiger partial charge in [-0.1, -0.05) is 18.2 Å². The maximum absolute atomic E-state index is 11.8. The molecule has 0 bridgehead atoms. The molecule has 0 fully saturated rings. The molecule has 0 heterocycles. The first-order valence-electron chi connectivity index (χ1n) is 7.04. The van der Waals surface area contributed by atoms with Gasteiger partial charge in [-0.15, -0.1) is 0 Å². The number of hydrogen-bond acceptors (Lipinski definition) is 4. The molecule has 0 radical (unpaired) electrons. The number of aliphatic carboxylic acids is 1. The molecule has 22 heavy (non-hydrogen) atoms. The Labute approximate surface area is 130 Å². The van der Waals surface area contributed by atoms with Crippen molar-refractivity contribution in [3.8, 4) is 5.75 Å². The number of amides is 1. The molecule has 1 aromatic rings. The first kappa shape index (κ1) is 17.8. The zero-order chi connectivity index (χ0) is 16.8. The average molecular weight is 309 g/mol. The first-order chi connectivity index (χ1) is 10.2. The van der Waals surface area contributed by atoms with E-state index in [-0.39, 0.29) is 6.42 Å². The lowest BCUT2D eigenvalue weighted by atomic mass is 10.0. The van der Waals surface area contributed by atoms with Crippen LogP contribution in [0.1, 0.15) is 32.8 Å². The Morgan fingerprint density at radius 1 is 1.27 bits per heavy atom. The molecule has 122 valence electrons. The van der Waals surface area contributed by atoms with Crippen LogP contribution >= 0.6 is 0 Å². The Balaban J connectivity index is 2.80. The van der Waals surface area contributed by atoms with E-state index in [1.807, 2.05) is 18.2 Å². The van der Waals surface area contributed by atoms with E-state index in [0.717, 1.165) is 5.56 Å². The van der Waals surface area contributed by atoms with Gasteiger partial charge in [0, 0.05) is 6.04 Å². The van der Waals surface area contributed by atoms with Crippen LogP contribution < -0.4 is 10.1 Å². The predicted molar refractivity (Wildman–Crippen MR) is 82.1 cm³/mol. The molecule has 0 aliphatic heterocycles. The third kappa shape index (κ3) is 6.47. The molecular formula is C16H23NO5. The lowest BCUT2D eigenvalue weighted by molar-refractivity contribution is -0.137. The fourth-order valence-electron chi connectivity index (χ4n) is 2.00. The van der Waals surface area contributed by atoms with Gasteiger partial charge in [0.25, 0.3) is 0 Å². The topological polar surface area (TPSA) is 84.9 Å². The zero-order valence-corrected chi connectivity index (χ0v) is 13.4. The third-order valence-electron chi connectivity index (χ3n) is 2.80. The molecule has 1 unspecified atom stereocenters. The highest BCUT2D eigenvalue weighted by atomic mass is 16.6. The number of hydrogen-bond donors (Lipinski definition) is 2. The van der Waals surface area contributed by atoms with Gasteiger partial charge in [0.2, 0.25) is 0 Å². The quantitative estimate of drug-likeness (QED) is 0.843. The van der Waals surface area contributed by atoms with Gasteiger partial charge in [0.1, 0.15) is 11.4 Å². The average Bonchev–Trinajstić information content (AvgIpc) is 2.36.